The van der Waals surface area contributed by atoms with Gasteiger partial charge in [-0.1, -0.05) is 0 Å². The molecule has 0 aliphatic carbocycles. The van der Waals surface area contributed by atoms with Crippen LogP contribution < -0.4 is 5.32 Å². The van der Waals surface area contributed by atoms with Crippen molar-refractivity contribution in [3.8, 4) is 0 Å². The number of halogens is 2. The molecular formula is C19H20FIN4O2. The van der Waals surface area contributed by atoms with Gasteiger partial charge in [-0.2, -0.15) is 0 Å². The Bertz CT molecular complexity index is 1020. The minimum atomic E-state index is -1.21. The summed E-state index contributed by atoms with van der Waals surface area (Å²) in [5.41, 5.74) is 1.85. The molecule has 0 saturated heterocycles. The summed E-state index contributed by atoms with van der Waals surface area (Å²) in [6.45, 7) is 2.64. The van der Waals surface area contributed by atoms with Gasteiger partial charge in [0.2, 0.25) is 0 Å². The molecule has 3 rings (SSSR count). The standard InChI is InChI=1S/C19H20FIN4O2/c1-10-8-11(21)4-5-13(10)23-17-12(19(26)27)9-14-18(16(17)20)24-15(22-14)6-7-25(2)3/h4-5,8-9,23H,6-7H2,1-3H3,(H,22,24)(H,26,27). The van der Waals surface area contributed by atoms with Crippen molar-refractivity contribution >= 4 is 51.0 Å². The SMILES string of the molecule is Cc1cc(I)ccc1Nc1c(C(=O)O)cc2nc(CCN(C)C)[nH]c2c1F. The molecule has 1 heterocycles. The van der Waals surface area contributed by atoms with E-state index in [1.807, 2.05) is 44.1 Å². The fourth-order valence-corrected chi connectivity index (χ4v) is 3.45. The number of likely N-dealkylation sites (N-methyl/N-ethyl adjacent to an activating group) is 1. The number of aromatic nitrogens is 2. The third-order valence-corrected chi connectivity index (χ3v) is 4.92. The Morgan fingerprint density at radius 3 is 2.74 bits per heavy atom. The first-order chi connectivity index (χ1) is 12.8. The molecule has 2 aromatic carbocycles. The van der Waals surface area contributed by atoms with Gasteiger partial charge in [-0.05, 0) is 73.4 Å². The maximum atomic E-state index is 15.2. The number of hydrogen-bond acceptors (Lipinski definition) is 4. The lowest BCUT2D eigenvalue weighted by atomic mass is 10.1. The van der Waals surface area contributed by atoms with Crippen molar-refractivity contribution in [2.24, 2.45) is 0 Å². The number of aryl methyl sites for hydroxylation is 1. The van der Waals surface area contributed by atoms with Gasteiger partial charge in [0.1, 0.15) is 11.3 Å². The van der Waals surface area contributed by atoms with Crippen LogP contribution in [0.2, 0.25) is 0 Å². The first kappa shape index (κ1) is 19.6. The summed E-state index contributed by atoms with van der Waals surface area (Å²) >= 11 is 2.19. The molecule has 0 aliphatic rings. The van der Waals surface area contributed by atoms with Crippen LogP contribution in [-0.4, -0.2) is 46.6 Å². The molecule has 0 unspecified atom stereocenters. The van der Waals surface area contributed by atoms with Crippen molar-refractivity contribution in [3.05, 3.63) is 50.6 Å². The topological polar surface area (TPSA) is 81.2 Å². The third kappa shape index (κ3) is 4.22. The number of hydrogen-bond donors (Lipinski definition) is 3. The van der Waals surface area contributed by atoms with E-state index in [-0.39, 0.29) is 16.8 Å². The van der Waals surface area contributed by atoms with E-state index in [4.69, 9.17) is 0 Å². The fraction of sp³-hybridized carbons (Fsp3) is 0.263. The van der Waals surface area contributed by atoms with Crippen LogP contribution in [0.5, 0.6) is 0 Å². The fourth-order valence-electron chi connectivity index (χ4n) is 2.80. The van der Waals surface area contributed by atoms with E-state index in [0.717, 1.165) is 15.7 Å². The van der Waals surface area contributed by atoms with E-state index in [2.05, 4.69) is 37.9 Å². The average molecular weight is 482 g/mol. The van der Waals surface area contributed by atoms with Crippen LogP contribution >= 0.6 is 22.6 Å². The van der Waals surface area contributed by atoms with Gasteiger partial charge in [0, 0.05) is 22.2 Å². The second kappa shape index (κ2) is 7.81. The number of H-pyrrole nitrogens is 1. The van der Waals surface area contributed by atoms with Crippen molar-refractivity contribution in [2.45, 2.75) is 13.3 Å². The second-order valence-electron chi connectivity index (χ2n) is 6.63. The first-order valence-electron chi connectivity index (χ1n) is 8.38. The molecule has 0 fully saturated rings. The number of aromatic amines is 1. The maximum Gasteiger partial charge on any atom is 0.338 e. The predicted molar refractivity (Wildman–Crippen MR) is 112 cm³/mol. The first-order valence-corrected chi connectivity index (χ1v) is 9.46. The highest BCUT2D eigenvalue weighted by molar-refractivity contribution is 14.1. The summed E-state index contributed by atoms with van der Waals surface area (Å²) in [5.74, 6) is -1.23. The number of nitrogens with zero attached hydrogens (tertiary/aromatic N) is 2. The number of nitrogens with one attached hydrogen (secondary N) is 2. The molecule has 0 spiro atoms. The molecule has 0 atom stereocenters. The molecule has 27 heavy (non-hydrogen) atoms. The van der Waals surface area contributed by atoms with E-state index in [1.54, 1.807) is 0 Å². The summed E-state index contributed by atoms with van der Waals surface area (Å²) in [4.78, 5) is 21.1. The monoisotopic (exact) mass is 482 g/mol. The van der Waals surface area contributed by atoms with Gasteiger partial charge >= 0.3 is 5.97 Å². The van der Waals surface area contributed by atoms with Crippen LogP contribution in [0.3, 0.4) is 0 Å². The van der Waals surface area contributed by atoms with Crippen LogP contribution in [0.15, 0.2) is 24.3 Å². The van der Waals surface area contributed by atoms with Crippen molar-refractivity contribution in [1.82, 2.24) is 14.9 Å². The lowest BCUT2D eigenvalue weighted by Crippen LogP contribution is -2.15. The lowest BCUT2D eigenvalue weighted by molar-refractivity contribution is 0.0697. The summed E-state index contributed by atoms with van der Waals surface area (Å²) in [6, 6.07) is 7.03. The second-order valence-corrected chi connectivity index (χ2v) is 7.88. The molecule has 0 aliphatic heterocycles. The van der Waals surface area contributed by atoms with Crippen LogP contribution in [0.4, 0.5) is 15.8 Å². The average Bonchev–Trinajstić information content (AvgIpc) is 3.00. The van der Waals surface area contributed by atoms with Gasteiger partial charge in [-0.25, -0.2) is 14.2 Å². The zero-order valence-electron chi connectivity index (χ0n) is 15.2. The Morgan fingerprint density at radius 2 is 2.11 bits per heavy atom. The summed E-state index contributed by atoms with van der Waals surface area (Å²) < 4.78 is 16.2. The van der Waals surface area contributed by atoms with Crippen LogP contribution in [0, 0.1) is 16.3 Å². The number of carboxylic acid groups (broad SMARTS) is 1. The number of benzene rings is 2. The number of carbonyl (C=O) groups is 1. The Balaban J connectivity index is 2.08. The molecule has 8 heteroatoms. The third-order valence-electron chi connectivity index (χ3n) is 4.24. The number of anilines is 2. The Labute approximate surface area is 169 Å². The molecule has 0 saturated carbocycles. The molecule has 1 aromatic heterocycles. The minimum absolute atomic E-state index is 0.0675. The van der Waals surface area contributed by atoms with Gasteiger partial charge in [0.05, 0.1) is 16.8 Å². The summed E-state index contributed by atoms with van der Waals surface area (Å²) in [6.07, 6.45) is 0.614. The van der Waals surface area contributed by atoms with Crippen molar-refractivity contribution in [3.63, 3.8) is 0 Å². The number of rotatable bonds is 6. The maximum absolute atomic E-state index is 15.2. The summed E-state index contributed by atoms with van der Waals surface area (Å²) in [5, 5.41) is 12.5. The number of imidazole rings is 1. The van der Waals surface area contributed by atoms with Gasteiger partial charge < -0.3 is 20.3 Å². The van der Waals surface area contributed by atoms with E-state index in [0.29, 0.717) is 23.4 Å². The van der Waals surface area contributed by atoms with Crippen molar-refractivity contribution in [1.29, 1.82) is 0 Å². The van der Waals surface area contributed by atoms with E-state index >= 15 is 4.39 Å². The van der Waals surface area contributed by atoms with Gasteiger partial charge in [-0.15, -0.1) is 0 Å². The Kier molecular flexibility index (Phi) is 5.66. The number of aromatic carboxylic acids is 1. The largest absolute Gasteiger partial charge is 0.478 e. The predicted octanol–water partition coefficient (Wildman–Crippen LogP) is 4.16. The molecule has 3 aromatic rings. The highest BCUT2D eigenvalue weighted by Gasteiger charge is 2.21. The lowest BCUT2D eigenvalue weighted by Gasteiger charge is -2.13. The number of carboxylic acids is 1. The molecule has 0 amide bonds. The van der Waals surface area contributed by atoms with Crippen molar-refractivity contribution in [2.75, 3.05) is 26.0 Å². The minimum Gasteiger partial charge on any atom is -0.478 e. The summed E-state index contributed by atoms with van der Waals surface area (Å²) in [7, 11) is 3.88. The van der Waals surface area contributed by atoms with E-state index in [1.165, 1.54) is 6.07 Å². The molecular weight excluding hydrogens is 462 g/mol. The van der Waals surface area contributed by atoms with E-state index < -0.39 is 11.8 Å². The Morgan fingerprint density at radius 1 is 1.37 bits per heavy atom. The van der Waals surface area contributed by atoms with Crippen molar-refractivity contribution < 1.29 is 14.3 Å². The molecule has 0 radical (unpaired) electrons. The number of fused-ring (bicyclic) bond motifs is 1. The van der Waals surface area contributed by atoms with Gasteiger partial charge in [0.25, 0.3) is 0 Å². The van der Waals surface area contributed by atoms with Crippen LogP contribution in [0.1, 0.15) is 21.7 Å². The highest BCUT2D eigenvalue weighted by atomic mass is 127. The molecule has 0 bridgehead atoms. The zero-order valence-corrected chi connectivity index (χ0v) is 17.4. The zero-order chi connectivity index (χ0) is 19.7. The smallest absolute Gasteiger partial charge is 0.338 e. The van der Waals surface area contributed by atoms with Crippen LogP contribution in [0.25, 0.3) is 11.0 Å². The molecule has 6 nitrogen and oxygen atoms in total. The van der Waals surface area contributed by atoms with Gasteiger partial charge in [-0.3, -0.25) is 0 Å². The van der Waals surface area contributed by atoms with Gasteiger partial charge in [0.15, 0.2) is 5.82 Å². The quantitative estimate of drug-likeness (QED) is 0.460. The Hall–Kier alpha value is -2.20. The molecule has 142 valence electrons. The van der Waals surface area contributed by atoms with E-state index in [9.17, 15) is 9.90 Å². The van der Waals surface area contributed by atoms with Crippen LogP contribution in [-0.2, 0) is 6.42 Å². The molecule has 3 N–H and O–H groups in total. The normalized spacial score (nSPS) is 11.3. The highest BCUT2D eigenvalue weighted by Crippen LogP contribution is 2.32.